The Balaban J connectivity index is 1.47. The molecule has 0 aliphatic heterocycles. The molecule has 0 radical (unpaired) electrons. The van der Waals surface area contributed by atoms with Gasteiger partial charge in [0, 0.05) is 43.1 Å². The molecule has 186 valence electrons. The first-order valence-corrected chi connectivity index (χ1v) is 13.9. The molecule has 0 bridgehead atoms. The van der Waals surface area contributed by atoms with E-state index in [-0.39, 0.29) is 0 Å². The Morgan fingerprint density at radius 3 is 2.63 bits per heavy atom. The molecule has 1 aliphatic carbocycles. The molecule has 35 heavy (non-hydrogen) atoms. The first-order valence-electron chi connectivity index (χ1n) is 13.0. The summed E-state index contributed by atoms with van der Waals surface area (Å²) in [7, 11) is 3.81. The summed E-state index contributed by atoms with van der Waals surface area (Å²) in [4.78, 5) is 11.7. The van der Waals surface area contributed by atoms with Crippen molar-refractivity contribution < 1.29 is 4.74 Å². The highest BCUT2D eigenvalue weighted by Gasteiger charge is 2.14. The highest BCUT2D eigenvalue weighted by molar-refractivity contribution is 7.13. The van der Waals surface area contributed by atoms with Gasteiger partial charge >= 0.3 is 0 Å². The molecule has 2 aromatic carbocycles. The number of hydrogen-bond donors (Lipinski definition) is 0. The molecule has 1 heterocycles. The maximum atomic E-state index is 5.78. The molecule has 0 fully saturated rings. The molecule has 3 aromatic rings. The SMILES string of the molecule is CCN(C)C=NCCc1cc(OC)c(Cc2csc(-c3ccc4c(c3)CCCCCC4)n2)cc1C. The van der Waals surface area contributed by atoms with Crippen molar-refractivity contribution in [2.75, 3.05) is 27.2 Å². The Labute approximate surface area is 215 Å². The largest absolute Gasteiger partial charge is 0.496 e. The van der Waals surface area contributed by atoms with E-state index in [2.05, 4.69) is 59.5 Å². The molecule has 0 amide bonds. The second kappa shape index (κ2) is 12.3. The molecule has 0 saturated heterocycles. The highest BCUT2D eigenvalue weighted by Crippen LogP contribution is 2.31. The first kappa shape index (κ1) is 25.4. The van der Waals surface area contributed by atoms with Crippen molar-refractivity contribution in [2.45, 2.75) is 65.2 Å². The molecule has 4 rings (SSSR count). The van der Waals surface area contributed by atoms with Crippen LogP contribution in [0.3, 0.4) is 0 Å². The molecule has 0 spiro atoms. The van der Waals surface area contributed by atoms with Gasteiger partial charge in [-0.1, -0.05) is 31.0 Å². The maximum Gasteiger partial charge on any atom is 0.123 e. The molecule has 0 N–H and O–H groups in total. The van der Waals surface area contributed by atoms with Crippen LogP contribution in [0.4, 0.5) is 0 Å². The fourth-order valence-corrected chi connectivity index (χ4v) is 5.60. The summed E-state index contributed by atoms with van der Waals surface area (Å²) >= 11 is 1.75. The minimum absolute atomic E-state index is 0.782. The molecular weight excluding hydrogens is 450 g/mol. The van der Waals surface area contributed by atoms with Crippen molar-refractivity contribution in [1.29, 1.82) is 0 Å². The van der Waals surface area contributed by atoms with Crippen LogP contribution in [0, 0.1) is 6.92 Å². The Hall–Kier alpha value is -2.66. The molecule has 0 saturated carbocycles. The molecule has 0 unspecified atom stereocenters. The summed E-state index contributed by atoms with van der Waals surface area (Å²) in [5.41, 5.74) is 9.20. The predicted molar refractivity (Wildman–Crippen MR) is 149 cm³/mol. The molecule has 5 heteroatoms. The summed E-state index contributed by atoms with van der Waals surface area (Å²) in [6.07, 6.45) is 11.4. The van der Waals surface area contributed by atoms with E-state index in [0.29, 0.717) is 0 Å². The maximum absolute atomic E-state index is 5.78. The van der Waals surface area contributed by atoms with E-state index in [1.165, 1.54) is 71.9 Å². The topological polar surface area (TPSA) is 37.7 Å². The van der Waals surface area contributed by atoms with Gasteiger partial charge in [-0.2, -0.15) is 0 Å². The number of nitrogens with zero attached hydrogens (tertiary/aromatic N) is 3. The number of aromatic nitrogens is 1. The Morgan fingerprint density at radius 2 is 1.86 bits per heavy atom. The number of methoxy groups -OCH3 is 1. The smallest absolute Gasteiger partial charge is 0.123 e. The van der Waals surface area contributed by atoms with Crippen LogP contribution >= 0.6 is 11.3 Å². The number of fused-ring (bicyclic) bond motifs is 1. The average Bonchev–Trinajstić information content (AvgIpc) is 3.31. The van der Waals surface area contributed by atoms with Crippen LogP contribution in [0.15, 0.2) is 40.7 Å². The standard InChI is InChI=1S/C30H39N3OS/c1-5-33(3)21-31-15-14-24-19-29(34-4)27(16-22(24)2)18-28-20-35-30(32-28)26-13-12-23-10-8-6-7-9-11-25(23)17-26/h12-13,16-17,19-21H,5-11,14-15,18H2,1-4H3. The van der Waals surface area contributed by atoms with Crippen molar-refractivity contribution in [2.24, 2.45) is 4.99 Å². The number of aryl methyl sites for hydroxylation is 3. The number of rotatable bonds is 9. The van der Waals surface area contributed by atoms with Crippen LogP contribution in [0.2, 0.25) is 0 Å². The van der Waals surface area contributed by atoms with Gasteiger partial charge in [-0.15, -0.1) is 11.3 Å². The van der Waals surface area contributed by atoms with E-state index in [1.807, 2.05) is 13.4 Å². The van der Waals surface area contributed by atoms with Gasteiger partial charge in [0.2, 0.25) is 0 Å². The van der Waals surface area contributed by atoms with Crippen molar-refractivity contribution in [3.63, 3.8) is 0 Å². The third-order valence-electron chi connectivity index (χ3n) is 7.05. The van der Waals surface area contributed by atoms with E-state index >= 15 is 0 Å². The van der Waals surface area contributed by atoms with Gasteiger partial charge in [-0.3, -0.25) is 4.99 Å². The van der Waals surface area contributed by atoms with Crippen molar-refractivity contribution in [1.82, 2.24) is 9.88 Å². The summed E-state index contributed by atoms with van der Waals surface area (Å²) in [5.74, 6) is 0.941. The number of thiazole rings is 1. The van der Waals surface area contributed by atoms with E-state index in [9.17, 15) is 0 Å². The lowest BCUT2D eigenvalue weighted by Crippen LogP contribution is -2.15. The van der Waals surface area contributed by atoms with Crippen molar-refractivity contribution >= 4 is 17.7 Å². The number of ether oxygens (including phenoxy) is 1. The molecule has 1 aromatic heterocycles. The lowest BCUT2D eigenvalue weighted by atomic mass is 9.92. The molecule has 1 aliphatic rings. The van der Waals surface area contributed by atoms with Gasteiger partial charge < -0.3 is 9.64 Å². The Kier molecular flexibility index (Phi) is 8.97. The summed E-state index contributed by atoms with van der Waals surface area (Å²) < 4.78 is 5.78. The highest BCUT2D eigenvalue weighted by atomic mass is 32.1. The molecule has 0 atom stereocenters. The van der Waals surface area contributed by atoms with Crippen LogP contribution in [0.25, 0.3) is 10.6 Å². The summed E-state index contributed by atoms with van der Waals surface area (Å²) in [5, 5.41) is 3.32. The van der Waals surface area contributed by atoms with Gasteiger partial charge in [0.1, 0.15) is 10.8 Å². The zero-order valence-corrected chi connectivity index (χ0v) is 22.6. The predicted octanol–water partition coefficient (Wildman–Crippen LogP) is 6.90. The lowest BCUT2D eigenvalue weighted by molar-refractivity contribution is 0.409. The monoisotopic (exact) mass is 489 g/mol. The lowest BCUT2D eigenvalue weighted by Gasteiger charge is -2.14. The van der Waals surface area contributed by atoms with Crippen molar-refractivity contribution in [3.8, 4) is 16.3 Å². The third-order valence-corrected chi connectivity index (χ3v) is 7.99. The third kappa shape index (κ3) is 6.72. The second-order valence-corrected chi connectivity index (χ2v) is 10.5. The summed E-state index contributed by atoms with van der Waals surface area (Å²) in [6.45, 7) is 6.06. The van der Waals surface area contributed by atoms with Crippen LogP contribution in [-0.4, -0.2) is 43.5 Å². The van der Waals surface area contributed by atoms with Gasteiger partial charge in [-0.25, -0.2) is 4.98 Å². The van der Waals surface area contributed by atoms with Gasteiger partial charge in [0.25, 0.3) is 0 Å². The molecular formula is C30H39N3OS. The minimum Gasteiger partial charge on any atom is -0.496 e. The van der Waals surface area contributed by atoms with E-state index in [0.717, 1.165) is 42.4 Å². The van der Waals surface area contributed by atoms with E-state index in [1.54, 1.807) is 18.4 Å². The van der Waals surface area contributed by atoms with Crippen LogP contribution in [0.5, 0.6) is 5.75 Å². The van der Waals surface area contributed by atoms with Crippen LogP contribution in [0.1, 0.15) is 66.1 Å². The van der Waals surface area contributed by atoms with Gasteiger partial charge in [-0.05, 0) is 80.3 Å². The Morgan fingerprint density at radius 1 is 1.06 bits per heavy atom. The number of hydrogen-bond acceptors (Lipinski definition) is 4. The normalized spacial score (nSPS) is 13.9. The molecule has 4 nitrogen and oxygen atoms in total. The van der Waals surface area contributed by atoms with Crippen LogP contribution in [-0.2, 0) is 25.7 Å². The van der Waals surface area contributed by atoms with E-state index in [4.69, 9.17) is 9.72 Å². The second-order valence-electron chi connectivity index (χ2n) is 9.65. The van der Waals surface area contributed by atoms with Gasteiger partial charge in [0.15, 0.2) is 0 Å². The zero-order chi connectivity index (χ0) is 24.6. The van der Waals surface area contributed by atoms with Gasteiger partial charge in [0.05, 0.1) is 19.1 Å². The average molecular weight is 490 g/mol. The van der Waals surface area contributed by atoms with Crippen LogP contribution < -0.4 is 4.74 Å². The zero-order valence-electron chi connectivity index (χ0n) is 21.8. The first-order chi connectivity index (χ1) is 17.1. The fraction of sp³-hybridized carbons (Fsp3) is 0.467. The van der Waals surface area contributed by atoms with Crippen molar-refractivity contribution in [3.05, 3.63) is 69.2 Å². The number of benzene rings is 2. The number of aliphatic imine (C=N–C) groups is 1. The Bertz CT molecular complexity index is 1150. The summed E-state index contributed by atoms with van der Waals surface area (Å²) in [6, 6.07) is 11.5. The quantitative estimate of drug-likeness (QED) is 0.242. The fourth-order valence-electron chi connectivity index (χ4n) is 4.79. The van der Waals surface area contributed by atoms with E-state index < -0.39 is 0 Å². The minimum atomic E-state index is 0.782.